The summed E-state index contributed by atoms with van der Waals surface area (Å²) in [6.45, 7) is 3.18. The van der Waals surface area contributed by atoms with Crippen molar-refractivity contribution in [1.82, 2.24) is 5.32 Å². The van der Waals surface area contributed by atoms with Gasteiger partial charge < -0.3 is 10.1 Å². The molecule has 1 N–H and O–H groups in total. The predicted molar refractivity (Wildman–Crippen MR) is 75.9 cm³/mol. The van der Waals surface area contributed by atoms with Crippen LogP contribution in [0, 0.1) is 5.92 Å². The Morgan fingerprint density at radius 3 is 2.89 bits per heavy atom. The van der Waals surface area contributed by atoms with Crippen molar-refractivity contribution < 1.29 is 4.74 Å². The van der Waals surface area contributed by atoms with Crippen LogP contribution in [-0.2, 0) is 6.54 Å². The summed E-state index contributed by atoms with van der Waals surface area (Å²) >= 11 is 0. The number of hydrogen-bond acceptors (Lipinski definition) is 2. The van der Waals surface area contributed by atoms with Crippen LogP contribution in [0.2, 0.25) is 0 Å². The minimum absolute atomic E-state index is 0.425. The maximum atomic E-state index is 6.22. The number of hydrogen-bond donors (Lipinski definition) is 1. The number of nitrogens with one attached hydrogen (secondary N) is 1. The van der Waals surface area contributed by atoms with E-state index in [0.29, 0.717) is 6.10 Å². The second-order valence-corrected chi connectivity index (χ2v) is 5.29. The first-order valence-corrected chi connectivity index (χ1v) is 7.23. The lowest BCUT2D eigenvalue weighted by molar-refractivity contribution is 0.0903. The molecule has 18 heavy (non-hydrogen) atoms. The molecule has 1 aromatic carbocycles. The second-order valence-electron chi connectivity index (χ2n) is 5.29. The SMILES string of the molecule is CCC1CCCCC1Oc1cccc(CNC)c1. The van der Waals surface area contributed by atoms with E-state index >= 15 is 0 Å². The van der Waals surface area contributed by atoms with Crippen molar-refractivity contribution in [3.05, 3.63) is 29.8 Å². The van der Waals surface area contributed by atoms with Crippen molar-refractivity contribution in [3.63, 3.8) is 0 Å². The minimum Gasteiger partial charge on any atom is -0.490 e. The Balaban J connectivity index is 2.00. The third kappa shape index (κ3) is 3.49. The van der Waals surface area contributed by atoms with Crippen LogP contribution in [0.1, 0.15) is 44.6 Å². The van der Waals surface area contributed by atoms with Crippen molar-refractivity contribution >= 4 is 0 Å². The van der Waals surface area contributed by atoms with Crippen LogP contribution in [0.25, 0.3) is 0 Å². The van der Waals surface area contributed by atoms with E-state index in [-0.39, 0.29) is 0 Å². The molecule has 2 unspecified atom stereocenters. The third-order valence-corrected chi connectivity index (χ3v) is 3.93. The number of rotatable bonds is 5. The van der Waals surface area contributed by atoms with Crippen LogP contribution in [-0.4, -0.2) is 13.2 Å². The van der Waals surface area contributed by atoms with Gasteiger partial charge in [0.25, 0.3) is 0 Å². The highest BCUT2D eigenvalue weighted by molar-refractivity contribution is 5.28. The maximum Gasteiger partial charge on any atom is 0.120 e. The molecule has 0 aliphatic heterocycles. The molecule has 1 fully saturated rings. The predicted octanol–water partition coefficient (Wildman–Crippen LogP) is 3.75. The Hall–Kier alpha value is -1.02. The first-order valence-electron chi connectivity index (χ1n) is 7.23. The molecule has 1 aromatic rings. The molecule has 0 bridgehead atoms. The second kappa shape index (κ2) is 6.79. The van der Waals surface area contributed by atoms with E-state index in [4.69, 9.17) is 4.74 Å². The van der Waals surface area contributed by atoms with Gasteiger partial charge in [0.1, 0.15) is 11.9 Å². The summed E-state index contributed by atoms with van der Waals surface area (Å²) in [4.78, 5) is 0. The average molecular weight is 247 g/mol. The normalized spacial score (nSPS) is 23.9. The van der Waals surface area contributed by atoms with Gasteiger partial charge >= 0.3 is 0 Å². The Labute approximate surface area is 111 Å². The molecule has 100 valence electrons. The third-order valence-electron chi connectivity index (χ3n) is 3.93. The van der Waals surface area contributed by atoms with E-state index in [1.54, 1.807) is 0 Å². The van der Waals surface area contributed by atoms with Gasteiger partial charge in [-0.25, -0.2) is 0 Å². The highest BCUT2D eigenvalue weighted by Gasteiger charge is 2.25. The standard InChI is InChI=1S/C16H25NO/c1-3-14-8-4-5-10-16(14)18-15-9-6-7-13(11-15)12-17-2/h6-7,9,11,14,16-17H,3-5,8,10,12H2,1-2H3. The largest absolute Gasteiger partial charge is 0.490 e. The first kappa shape index (κ1) is 13.4. The van der Waals surface area contributed by atoms with E-state index in [1.807, 2.05) is 7.05 Å². The average Bonchev–Trinajstić information content (AvgIpc) is 2.40. The Bertz CT molecular complexity index is 364. The molecule has 1 aliphatic rings. The molecule has 0 aromatic heterocycles. The fraction of sp³-hybridized carbons (Fsp3) is 0.625. The van der Waals surface area contributed by atoms with Gasteiger partial charge in [0, 0.05) is 6.54 Å². The van der Waals surface area contributed by atoms with Crippen LogP contribution >= 0.6 is 0 Å². The molecule has 2 rings (SSSR count). The van der Waals surface area contributed by atoms with E-state index in [2.05, 4.69) is 36.5 Å². The number of ether oxygens (including phenoxy) is 1. The molecule has 2 nitrogen and oxygen atoms in total. The fourth-order valence-electron chi connectivity index (χ4n) is 2.90. The fourth-order valence-corrected chi connectivity index (χ4v) is 2.90. The van der Waals surface area contributed by atoms with E-state index in [1.165, 1.54) is 37.7 Å². The summed E-state index contributed by atoms with van der Waals surface area (Å²) in [5.74, 6) is 1.78. The summed E-state index contributed by atoms with van der Waals surface area (Å²) < 4.78 is 6.22. The van der Waals surface area contributed by atoms with Crippen molar-refractivity contribution in [2.75, 3.05) is 7.05 Å². The van der Waals surface area contributed by atoms with E-state index in [9.17, 15) is 0 Å². The molecule has 2 heteroatoms. The molecule has 1 saturated carbocycles. The maximum absolute atomic E-state index is 6.22. The molecule has 0 saturated heterocycles. The van der Waals surface area contributed by atoms with Crippen LogP contribution in [0.4, 0.5) is 0 Å². The number of benzene rings is 1. The zero-order chi connectivity index (χ0) is 12.8. The Kier molecular flexibility index (Phi) is 5.06. The van der Waals surface area contributed by atoms with Gasteiger partial charge in [-0.1, -0.05) is 25.5 Å². The van der Waals surface area contributed by atoms with Crippen molar-refractivity contribution in [1.29, 1.82) is 0 Å². The molecular weight excluding hydrogens is 222 g/mol. The van der Waals surface area contributed by atoms with Crippen molar-refractivity contribution in [2.45, 2.75) is 51.7 Å². The van der Waals surface area contributed by atoms with Gasteiger partial charge in [-0.2, -0.15) is 0 Å². The summed E-state index contributed by atoms with van der Waals surface area (Å²) in [5.41, 5.74) is 1.29. The lowest BCUT2D eigenvalue weighted by Crippen LogP contribution is -2.29. The smallest absolute Gasteiger partial charge is 0.120 e. The quantitative estimate of drug-likeness (QED) is 0.855. The van der Waals surface area contributed by atoms with Crippen LogP contribution < -0.4 is 10.1 Å². The Morgan fingerprint density at radius 1 is 1.28 bits per heavy atom. The highest BCUT2D eigenvalue weighted by atomic mass is 16.5. The molecule has 0 heterocycles. The zero-order valence-electron chi connectivity index (χ0n) is 11.6. The summed E-state index contributed by atoms with van der Waals surface area (Å²) in [5, 5.41) is 3.18. The first-order chi connectivity index (χ1) is 8.83. The lowest BCUT2D eigenvalue weighted by atomic mass is 9.85. The highest BCUT2D eigenvalue weighted by Crippen LogP contribution is 2.30. The monoisotopic (exact) mass is 247 g/mol. The van der Waals surface area contributed by atoms with Crippen LogP contribution in [0.15, 0.2) is 24.3 Å². The van der Waals surface area contributed by atoms with E-state index in [0.717, 1.165) is 18.2 Å². The minimum atomic E-state index is 0.425. The topological polar surface area (TPSA) is 21.3 Å². The van der Waals surface area contributed by atoms with Crippen LogP contribution in [0.3, 0.4) is 0 Å². The molecule has 1 aliphatic carbocycles. The summed E-state index contributed by atoms with van der Waals surface area (Å²) in [7, 11) is 1.97. The summed E-state index contributed by atoms with van der Waals surface area (Å²) in [6, 6.07) is 8.48. The van der Waals surface area contributed by atoms with Gasteiger partial charge in [-0.15, -0.1) is 0 Å². The van der Waals surface area contributed by atoms with Crippen molar-refractivity contribution in [3.8, 4) is 5.75 Å². The Morgan fingerprint density at radius 2 is 2.11 bits per heavy atom. The van der Waals surface area contributed by atoms with Gasteiger partial charge in [-0.3, -0.25) is 0 Å². The molecular formula is C16H25NO. The zero-order valence-corrected chi connectivity index (χ0v) is 11.6. The van der Waals surface area contributed by atoms with Crippen LogP contribution in [0.5, 0.6) is 5.75 Å². The lowest BCUT2D eigenvalue weighted by Gasteiger charge is -2.31. The summed E-state index contributed by atoms with van der Waals surface area (Å²) in [6.07, 6.45) is 6.90. The molecule has 2 atom stereocenters. The molecule has 0 radical (unpaired) electrons. The molecule has 0 spiro atoms. The van der Waals surface area contributed by atoms with Gasteiger partial charge in [-0.05, 0) is 56.3 Å². The molecule has 0 amide bonds. The van der Waals surface area contributed by atoms with Gasteiger partial charge in [0.15, 0.2) is 0 Å². The van der Waals surface area contributed by atoms with Crippen molar-refractivity contribution in [2.24, 2.45) is 5.92 Å². The van der Waals surface area contributed by atoms with Gasteiger partial charge in [0.2, 0.25) is 0 Å². The van der Waals surface area contributed by atoms with E-state index < -0.39 is 0 Å². The van der Waals surface area contributed by atoms with Gasteiger partial charge in [0.05, 0.1) is 0 Å².